The molecule has 0 saturated heterocycles. The van der Waals surface area contributed by atoms with Gasteiger partial charge in [0.05, 0.1) is 11.6 Å². The van der Waals surface area contributed by atoms with E-state index in [1.54, 1.807) is 4.68 Å². The van der Waals surface area contributed by atoms with Gasteiger partial charge < -0.3 is 0 Å². The zero-order valence-corrected chi connectivity index (χ0v) is 16.9. The van der Waals surface area contributed by atoms with Crippen molar-refractivity contribution in [2.75, 3.05) is 0 Å². The van der Waals surface area contributed by atoms with Crippen molar-refractivity contribution in [3.8, 4) is 0 Å². The van der Waals surface area contributed by atoms with Gasteiger partial charge in [-0.1, -0.05) is 91.0 Å². The maximum Gasteiger partial charge on any atom is 0.0772 e. The Labute approximate surface area is 167 Å². The SMILES string of the molecule is Cn1ccc(CCl)n1.c1ccc(P(c2ccccc2)c2ccccc2)cc1. The van der Waals surface area contributed by atoms with Gasteiger partial charge in [0, 0.05) is 13.2 Å². The Kier molecular flexibility index (Phi) is 7.21. The molecule has 0 unspecified atom stereocenters. The van der Waals surface area contributed by atoms with Gasteiger partial charge in [-0.25, -0.2) is 0 Å². The van der Waals surface area contributed by atoms with Crippen LogP contribution in [0.1, 0.15) is 5.69 Å². The van der Waals surface area contributed by atoms with E-state index in [2.05, 4.69) is 96.1 Å². The zero-order chi connectivity index (χ0) is 18.9. The summed E-state index contributed by atoms with van der Waals surface area (Å²) in [5.41, 5.74) is 0.925. The Bertz CT molecular complexity index is 830. The number of hydrogen-bond acceptors (Lipinski definition) is 1. The molecule has 1 heterocycles. The lowest BCUT2D eigenvalue weighted by atomic mass is 10.4. The van der Waals surface area contributed by atoms with Gasteiger partial charge in [-0.2, -0.15) is 5.10 Å². The third-order valence-electron chi connectivity index (χ3n) is 3.95. The highest BCUT2D eigenvalue weighted by Gasteiger charge is 2.14. The lowest BCUT2D eigenvalue weighted by Crippen LogP contribution is -2.20. The second-order valence-electron chi connectivity index (χ2n) is 5.96. The Hall–Kier alpha value is -2.41. The third-order valence-corrected chi connectivity index (χ3v) is 6.67. The van der Waals surface area contributed by atoms with E-state index in [0.717, 1.165) is 5.69 Å². The molecule has 4 heteroatoms. The Morgan fingerprint density at radius 1 is 0.704 bits per heavy atom. The van der Waals surface area contributed by atoms with Crippen molar-refractivity contribution in [2.24, 2.45) is 7.05 Å². The zero-order valence-electron chi connectivity index (χ0n) is 15.2. The summed E-state index contributed by atoms with van der Waals surface area (Å²) in [4.78, 5) is 0. The largest absolute Gasteiger partial charge is 0.276 e. The van der Waals surface area contributed by atoms with Crippen molar-refractivity contribution in [2.45, 2.75) is 5.88 Å². The second-order valence-corrected chi connectivity index (χ2v) is 8.44. The monoisotopic (exact) mass is 392 g/mol. The molecule has 0 spiro atoms. The number of aryl methyl sites for hydroxylation is 1. The fourth-order valence-corrected chi connectivity index (χ4v) is 5.16. The molecular formula is C23H22ClN2P. The van der Waals surface area contributed by atoms with Crippen LogP contribution in [0.3, 0.4) is 0 Å². The van der Waals surface area contributed by atoms with E-state index in [9.17, 15) is 0 Å². The summed E-state index contributed by atoms with van der Waals surface area (Å²) in [6.07, 6.45) is 1.87. The van der Waals surface area contributed by atoms with Crippen molar-refractivity contribution in [1.82, 2.24) is 9.78 Å². The third kappa shape index (κ3) is 5.53. The van der Waals surface area contributed by atoms with Crippen LogP contribution < -0.4 is 15.9 Å². The van der Waals surface area contributed by atoms with Crippen LogP contribution in [0.25, 0.3) is 0 Å². The van der Waals surface area contributed by atoms with Crippen LogP contribution in [-0.4, -0.2) is 9.78 Å². The molecule has 0 saturated carbocycles. The molecule has 2 nitrogen and oxygen atoms in total. The fourth-order valence-electron chi connectivity index (χ4n) is 2.71. The molecule has 0 aliphatic heterocycles. The average Bonchev–Trinajstić information content (AvgIpc) is 3.17. The molecule has 0 aliphatic carbocycles. The maximum absolute atomic E-state index is 5.46. The number of rotatable bonds is 4. The molecular weight excluding hydrogens is 371 g/mol. The molecule has 0 radical (unpaired) electrons. The standard InChI is InChI=1S/C18H15P.C5H7ClN2/c1-4-10-16(11-5-1)19(17-12-6-2-7-13-17)18-14-8-3-9-15-18;1-8-3-2-5(4-6)7-8/h1-15H;2-3H,4H2,1H3. The van der Waals surface area contributed by atoms with Crippen LogP contribution in [0, 0.1) is 0 Å². The molecule has 0 fully saturated rings. The van der Waals surface area contributed by atoms with Gasteiger partial charge in [0.15, 0.2) is 0 Å². The van der Waals surface area contributed by atoms with Gasteiger partial charge in [0.25, 0.3) is 0 Å². The molecule has 0 bridgehead atoms. The van der Waals surface area contributed by atoms with Crippen LogP contribution in [-0.2, 0) is 12.9 Å². The van der Waals surface area contributed by atoms with Crippen LogP contribution in [0.2, 0.25) is 0 Å². The van der Waals surface area contributed by atoms with Crippen molar-refractivity contribution >= 4 is 35.4 Å². The predicted octanol–water partition coefficient (Wildman–Crippen LogP) is 4.60. The lowest BCUT2D eigenvalue weighted by Gasteiger charge is -2.18. The molecule has 0 N–H and O–H groups in total. The van der Waals surface area contributed by atoms with Crippen molar-refractivity contribution in [3.63, 3.8) is 0 Å². The van der Waals surface area contributed by atoms with Gasteiger partial charge >= 0.3 is 0 Å². The lowest BCUT2D eigenvalue weighted by molar-refractivity contribution is 0.754. The highest BCUT2D eigenvalue weighted by atomic mass is 35.5. The highest BCUT2D eigenvalue weighted by molar-refractivity contribution is 7.79. The first-order chi connectivity index (χ1) is 13.3. The van der Waals surface area contributed by atoms with Gasteiger partial charge in [-0.05, 0) is 29.9 Å². The van der Waals surface area contributed by atoms with Crippen LogP contribution >= 0.6 is 19.5 Å². The Morgan fingerprint density at radius 3 is 1.37 bits per heavy atom. The molecule has 0 atom stereocenters. The van der Waals surface area contributed by atoms with Crippen molar-refractivity contribution < 1.29 is 0 Å². The molecule has 0 amide bonds. The summed E-state index contributed by atoms with van der Waals surface area (Å²) < 4.78 is 1.73. The summed E-state index contributed by atoms with van der Waals surface area (Å²) in [5, 5.41) is 8.21. The predicted molar refractivity (Wildman–Crippen MR) is 118 cm³/mol. The van der Waals surface area contributed by atoms with Crippen LogP contribution in [0.4, 0.5) is 0 Å². The summed E-state index contributed by atoms with van der Waals surface area (Å²) in [6, 6.07) is 34.2. The number of nitrogens with zero attached hydrogens (tertiary/aromatic N) is 2. The summed E-state index contributed by atoms with van der Waals surface area (Å²) in [7, 11) is 1.43. The first-order valence-corrected chi connectivity index (χ1v) is 10.7. The van der Waals surface area contributed by atoms with Gasteiger partial charge in [-0.15, -0.1) is 11.6 Å². The molecule has 27 heavy (non-hydrogen) atoms. The quantitative estimate of drug-likeness (QED) is 0.366. The summed E-state index contributed by atoms with van der Waals surface area (Å²) in [5.74, 6) is 0.501. The number of aromatic nitrogens is 2. The fraction of sp³-hybridized carbons (Fsp3) is 0.0870. The number of halogens is 1. The molecule has 4 aromatic rings. The highest BCUT2D eigenvalue weighted by Crippen LogP contribution is 2.32. The Balaban J connectivity index is 0.000000221. The van der Waals surface area contributed by atoms with Crippen LogP contribution in [0.5, 0.6) is 0 Å². The minimum atomic E-state index is -0.446. The smallest absolute Gasteiger partial charge is 0.0772 e. The van der Waals surface area contributed by atoms with Crippen molar-refractivity contribution in [3.05, 3.63) is 109 Å². The molecule has 1 aromatic heterocycles. The molecule has 4 rings (SSSR count). The first kappa shape index (κ1) is 19.4. The van der Waals surface area contributed by atoms with E-state index < -0.39 is 7.92 Å². The number of hydrogen-bond donors (Lipinski definition) is 0. The van der Waals surface area contributed by atoms with E-state index in [4.69, 9.17) is 11.6 Å². The number of alkyl halides is 1. The van der Waals surface area contributed by atoms with Gasteiger partial charge in [-0.3, -0.25) is 4.68 Å². The van der Waals surface area contributed by atoms with E-state index in [-0.39, 0.29) is 0 Å². The van der Waals surface area contributed by atoms with Crippen molar-refractivity contribution in [1.29, 1.82) is 0 Å². The Morgan fingerprint density at radius 2 is 1.11 bits per heavy atom. The molecule has 3 aromatic carbocycles. The normalized spacial score (nSPS) is 10.3. The topological polar surface area (TPSA) is 17.8 Å². The average molecular weight is 393 g/mol. The summed E-state index contributed by atoms with van der Waals surface area (Å²) >= 11 is 5.46. The molecule has 0 aliphatic rings. The minimum Gasteiger partial charge on any atom is -0.276 e. The van der Waals surface area contributed by atoms with Gasteiger partial charge in [0.2, 0.25) is 0 Å². The first-order valence-electron chi connectivity index (χ1n) is 8.77. The van der Waals surface area contributed by atoms with E-state index in [1.807, 2.05) is 19.3 Å². The second kappa shape index (κ2) is 10.1. The van der Waals surface area contributed by atoms with Gasteiger partial charge in [0.1, 0.15) is 0 Å². The minimum absolute atomic E-state index is 0.446. The molecule has 136 valence electrons. The maximum atomic E-state index is 5.46. The summed E-state index contributed by atoms with van der Waals surface area (Å²) in [6.45, 7) is 0. The van der Waals surface area contributed by atoms with Crippen LogP contribution in [0.15, 0.2) is 103 Å². The number of benzene rings is 3. The van der Waals surface area contributed by atoms with E-state index in [1.165, 1.54) is 15.9 Å². The van der Waals surface area contributed by atoms with E-state index in [0.29, 0.717) is 5.88 Å². The van der Waals surface area contributed by atoms with E-state index >= 15 is 0 Å².